The van der Waals surface area contributed by atoms with Gasteiger partial charge in [0, 0.05) is 33.8 Å². The van der Waals surface area contributed by atoms with Gasteiger partial charge in [-0.3, -0.25) is 19.2 Å². The fourth-order valence-corrected chi connectivity index (χ4v) is 4.04. The van der Waals surface area contributed by atoms with E-state index in [0.717, 1.165) is 20.8 Å². The number of hydrogen-bond donors (Lipinski definition) is 1. The summed E-state index contributed by atoms with van der Waals surface area (Å²) in [6.07, 6.45) is -6.37. The van der Waals surface area contributed by atoms with Gasteiger partial charge >= 0.3 is 23.9 Å². The van der Waals surface area contributed by atoms with Crippen molar-refractivity contribution < 1.29 is 52.3 Å². The first kappa shape index (κ1) is 30.3. The molecule has 0 amide bonds. The minimum Gasteiger partial charge on any atom is -0.463 e. The standard InChI is InChI=1S/C27H29NO11S/c1-15(29)33-14-22-23(34-16(2)30)24(35-17(3)31)25(36-18(4)32)26(39-22)28-27(40)38-21-12-8-11-20(13-21)37-19-9-6-5-7-10-19/h5-13,22-26H,14H2,1-4H3,(H,28,40)/t22-,23+,24-,25+,26-/m0/s1. The van der Waals surface area contributed by atoms with Gasteiger partial charge in [0.25, 0.3) is 5.17 Å². The van der Waals surface area contributed by atoms with E-state index in [0.29, 0.717) is 17.2 Å². The first-order valence-corrected chi connectivity index (χ1v) is 12.5. The molecule has 1 saturated heterocycles. The summed E-state index contributed by atoms with van der Waals surface area (Å²) in [4.78, 5) is 47.3. The zero-order valence-corrected chi connectivity index (χ0v) is 23.0. The first-order valence-electron chi connectivity index (χ1n) is 12.1. The first-order chi connectivity index (χ1) is 19.0. The molecule has 1 fully saturated rings. The Morgan fingerprint density at radius 2 is 1.32 bits per heavy atom. The molecule has 1 N–H and O–H groups in total. The van der Waals surface area contributed by atoms with Crippen LogP contribution >= 0.6 is 12.2 Å². The minimum absolute atomic E-state index is 0.197. The molecule has 2 aromatic rings. The third-order valence-corrected chi connectivity index (χ3v) is 5.45. The van der Waals surface area contributed by atoms with Gasteiger partial charge < -0.3 is 38.5 Å². The van der Waals surface area contributed by atoms with Crippen LogP contribution in [0.3, 0.4) is 0 Å². The van der Waals surface area contributed by atoms with E-state index < -0.39 is 54.5 Å². The van der Waals surface area contributed by atoms with Gasteiger partial charge in [-0.15, -0.1) is 0 Å². The van der Waals surface area contributed by atoms with Crippen molar-refractivity contribution in [3.63, 3.8) is 0 Å². The van der Waals surface area contributed by atoms with E-state index in [1.165, 1.54) is 6.92 Å². The highest BCUT2D eigenvalue weighted by Gasteiger charge is 2.52. The van der Waals surface area contributed by atoms with Crippen LogP contribution in [0.5, 0.6) is 17.2 Å². The Morgan fingerprint density at radius 3 is 1.95 bits per heavy atom. The molecule has 214 valence electrons. The van der Waals surface area contributed by atoms with Gasteiger partial charge in [-0.25, -0.2) is 0 Å². The van der Waals surface area contributed by atoms with Crippen molar-refractivity contribution in [2.75, 3.05) is 6.61 Å². The van der Waals surface area contributed by atoms with Crippen LogP contribution in [0.4, 0.5) is 0 Å². The predicted octanol–water partition coefficient (Wildman–Crippen LogP) is 2.82. The molecule has 5 atom stereocenters. The van der Waals surface area contributed by atoms with Crippen molar-refractivity contribution in [1.29, 1.82) is 0 Å². The molecule has 1 aliphatic heterocycles. The summed E-state index contributed by atoms with van der Waals surface area (Å²) in [5.41, 5.74) is 0. The molecule has 0 radical (unpaired) electrons. The van der Waals surface area contributed by atoms with Crippen LogP contribution < -0.4 is 14.8 Å². The van der Waals surface area contributed by atoms with E-state index >= 15 is 0 Å². The van der Waals surface area contributed by atoms with Crippen LogP contribution in [0.1, 0.15) is 27.7 Å². The second-order valence-corrected chi connectivity index (χ2v) is 8.91. The lowest BCUT2D eigenvalue weighted by atomic mass is 9.97. The average molecular weight is 576 g/mol. The molecule has 3 rings (SSSR count). The second kappa shape index (κ2) is 14.2. The summed E-state index contributed by atoms with van der Waals surface area (Å²) in [5.74, 6) is -1.43. The average Bonchev–Trinajstić information content (AvgIpc) is 2.86. The number of para-hydroxylation sites is 1. The summed E-state index contributed by atoms with van der Waals surface area (Å²) < 4.78 is 38.7. The Morgan fingerprint density at radius 1 is 0.750 bits per heavy atom. The van der Waals surface area contributed by atoms with E-state index in [2.05, 4.69) is 5.32 Å². The van der Waals surface area contributed by atoms with E-state index in [1.54, 1.807) is 36.4 Å². The maximum atomic E-state index is 12.0. The largest absolute Gasteiger partial charge is 0.463 e. The Balaban J connectivity index is 1.83. The summed E-state index contributed by atoms with van der Waals surface area (Å²) in [5, 5.41) is 2.59. The number of hydrogen-bond acceptors (Lipinski definition) is 12. The van der Waals surface area contributed by atoms with Gasteiger partial charge in [-0.2, -0.15) is 0 Å². The fourth-order valence-electron chi connectivity index (χ4n) is 3.82. The summed E-state index contributed by atoms with van der Waals surface area (Å²) in [6, 6.07) is 15.8. The molecule has 2 aromatic carbocycles. The zero-order valence-electron chi connectivity index (χ0n) is 22.2. The predicted molar refractivity (Wildman–Crippen MR) is 141 cm³/mol. The Labute approximate surface area is 235 Å². The van der Waals surface area contributed by atoms with Crippen LogP contribution in [0.25, 0.3) is 0 Å². The normalized spacial score (nSPS) is 21.8. The minimum atomic E-state index is -1.34. The molecule has 1 heterocycles. The number of nitrogens with one attached hydrogen (secondary N) is 1. The molecule has 0 spiro atoms. The molecular weight excluding hydrogens is 546 g/mol. The van der Waals surface area contributed by atoms with E-state index in [1.807, 2.05) is 18.2 Å². The SMILES string of the molecule is CC(=O)OC[C@@H]1O[C@H](NC(=S)Oc2cccc(Oc3ccccc3)c2)[C@H](OC(C)=O)[C@@H](OC(C)=O)[C@@H]1OC(C)=O. The third kappa shape index (κ3) is 9.20. The molecule has 0 aromatic heterocycles. The molecule has 0 unspecified atom stereocenters. The molecule has 0 saturated carbocycles. The van der Waals surface area contributed by atoms with Crippen LogP contribution in [0, 0.1) is 0 Å². The van der Waals surface area contributed by atoms with Crippen molar-refractivity contribution in [1.82, 2.24) is 5.32 Å². The molecule has 0 aliphatic carbocycles. The number of ether oxygens (including phenoxy) is 7. The van der Waals surface area contributed by atoms with E-state index in [4.69, 9.17) is 45.4 Å². The Hall–Kier alpha value is -4.23. The topological polar surface area (TPSA) is 145 Å². The molecular formula is C27H29NO11S. The monoisotopic (exact) mass is 575 g/mol. The highest BCUT2D eigenvalue weighted by atomic mass is 32.1. The van der Waals surface area contributed by atoms with Gasteiger partial charge in [0.15, 0.2) is 24.5 Å². The van der Waals surface area contributed by atoms with Crippen molar-refractivity contribution in [3.8, 4) is 17.2 Å². The summed E-state index contributed by atoms with van der Waals surface area (Å²) >= 11 is 5.35. The van der Waals surface area contributed by atoms with Crippen LogP contribution in [-0.4, -0.2) is 66.3 Å². The van der Waals surface area contributed by atoms with Crippen LogP contribution in [-0.2, 0) is 42.9 Å². The highest BCUT2D eigenvalue weighted by Crippen LogP contribution is 2.29. The van der Waals surface area contributed by atoms with Crippen molar-refractivity contribution in [2.24, 2.45) is 0 Å². The lowest BCUT2D eigenvalue weighted by Crippen LogP contribution is -2.66. The lowest BCUT2D eigenvalue weighted by Gasteiger charge is -2.44. The van der Waals surface area contributed by atoms with Crippen LogP contribution in [0.2, 0.25) is 0 Å². The zero-order chi connectivity index (χ0) is 29.2. The van der Waals surface area contributed by atoms with Crippen molar-refractivity contribution in [2.45, 2.75) is 58.3 Å². The number of rotatable bonds is 9. The van der Waals surface area contributed by atoms with Gasteiger partial charge in [0.2, 0.25) is 0 Å². The van der Waals surface area contributed by atoms with Crippen molar-refractivity contribution in [3.05, 3.63) is 54.6 Å². The van der Waals surface area contributed by atoms with Gasteiger partial charge in [-0.1, -0.05) is 24.3 Å². The smallest absolute Gasteiger partial charge is 0.303 e. The Kier molecular flexibility index (Phi) is 10.8. The van der Waals surface area contributed by atoms with Crippen LogP contribution in [0.15, 0.2) is 54.6 Å². The quantitative estimate of drug-likeness (QED) is 0.266. The van der Waals surface area contributed by atoms with Gasteiger partial charge in [0.1, 0.15) is 30.0 Å². The number of thiocarbonyl (C=S) groups is 1. The molecule has 13 heteroatoms. The van der Waals surface area contributed by atoms with Gasteiger partial charge in [-0.05, 0) is 36.5 Å². The molecule has 40 heavy (non-hydrogen) atoms. The summed E-state index contributed by atoms with van der Waals surface area (Å²) in [6.45, 7) is 4.22. The number of carbonyl (C=O) groups is 4. The third-order valence-electron chi connectivity index (χ3n) is 5.25. The number of esters is 4. The van der Waals surface area contributed by atoms with Gasteiger partial charge in [0.05, 0.1) is 0 Å². The lowest BCUT2D eigenvalue weighted by molar-refractivity contribution is -0.255. The summed E-state index contributed by atoms with van der Waals surface area (Å²) in [7, 11) is 0. The fraction of sp³-hybridized carbons (Fsp3) is 0.370. The maximum Gasteiger partial charge on any atom is 0.303 e. The van der Waals surface area contributed by atoms with Crippen molar-refractivity contribution >= 4 is 41.3 Å². The number of benzene rings is 2. The second-order valence-electron chi connectivity index (χ2n) is 8.54. The molecule has 0 bridgehead atoms. The highest BCUT2D eigenvalue weighted by molar-refractivity contribution is 7.80. The van der Waals surface area contributed by atoms with E-state index in [9.17, 15) is 19.2 Å². The Bertz CT molecular complexity index is 1220. The van der Waals surface area contributed by atoms with E-state index in [-0.39, 0.29) is 11.8 Å². The maximum absolute atomic E-state index is 12.0. The number of carbonyl (C=O) groups excluding carboxylic acids is 4. The molecule has 1 aliphatic rings. The molecule has 12 nitrogen and oxygen atoms in total.